The number of hydrogen-bond donors (Lipinski definition) is 2. The molecule has 1 aliphatic heterocycles. The van der Waals surface area contributed by atoms with E-state index in [0.29, 0.717) is 22.9 Å². The minimum Gasteiger partial charge on any atom is -0.342 e. The van der Waals surface area contributed by atoms with E-state index in [1.807, 2.05) is 19.9 Å². The van der Waals surface area contributed by atoms with Crippen molar-refractivity contribution in [2.75, 3.05) is 23.7 Å². The number of nitrogens with one attached hydrogen (secondary N) is 2. The standard InChI is InChI=1S/C22H30N6S/c1-14-7-6-8-28(13-14)21(26-20-23-17(4)12-18(5)24-20)27-22(29)25-19-10-15(2)9-16(3)11-19/h9-12,14H,6-8,13H2,1-5H3,(H2,23,24,25,26,27,29). The summed E-state index contributed by atoms with van der Waals surface area (Å²) in [4.78, 5) is 16.0. The van der Waals surface area contributed by atoms with Crippen molar-refractivity contribution in [3.8, 4) is 0 Å². The van der Waals surface area contributed by atoms with E-state index in [0.717, 1.165) is 36.6 Å². The summed E-state index contributed by atoms with van der Waals surface area (Å²) in [6.45, 7) is 12.2. The van der Waals surface area contributed by atoms with Crippen LogP contribution in [0, 0.1) is 33.6 Å². The molecule has 7 heteroatoms. The Hall–Kier alpha value is -2.54. The van der Waals surface area contributed by atoms with E-state index in [4.69, 9.17) is 17.2 Å². The third-order valence-corrected chi connectivity index (χ3v) is 5.04. The highest BCUT2D eigenvalue weighted by Crippen LogP contribution is 2.18. The summed E-state index contributed by atoms with van der Waals surface area (Å²) in [6.07, 6.45) is 2.36. The Morgan fingerprint density at radius 3 is 2.31 bits per heavy atom. The molecule has 2 N–H and O–H groups in total. The molecular weight excluding hydrogens is 380 g/mol. The highest BCUT2D eigenvalue weighted by molar-refractivity contribution is 7.80. The lowest BCUT2D eigenvalue weighted by molar-refractivity contribution is 0.273. The summed E-state index contributed by atoms with van der Waals surface area (Å²) >= 11 is 5.56. The molecule has 2 heterocycles. The predicted molar refractivity (Wildman–Crippen MR) is 125 cm³/mol. The van der Waals surface area contributed by atoms with Crippen LogP contribution in [0.25, 0.3) is 0 Å². The van der Waals surface area contributed by atoms with E-state index < -0.39 is 0 Å². The second-order valence-electron chi connectivity index (χ2n) is 8.03. The molecule has 1 aromatic heterocycles. The zero-order valence-corrected chi connectivity index (χ0v) is 18.7. The predicted octanol–water partition coefficient (Wildman–Crippen LogP) is 4.61. The summed E-state index contributed by atoms with van der Waals surface area (Å²) in [5.41, 5.74) is 5.16. The highest BCUT2D eigenvalue weighted by atomic mass is 32.1. The second-order valence-corrected chi connectivity index (χ2v) is 8.42. The number of thiocarbonyl (C=S) groups is 1. The van der Waals surface area contributed by atoms with Crippen LogP contribution in [0.2, 0.25) is 0 Å². The fourth-order valence-electron chi connectivity index (χ4n) is 3.74. The van der Waals surface area contributed by atoms with Crippen molar-refractivity contribution >= 4 is 34.9 Å². The van der Waals surface area contributed by atoms with Gasteiger partial charge in [-0.15, -0.1) is 0 Å². The first-order valence-corrected chi connectivity index (χ1v) is 10.5. The Kier molecular flexibility index (Phi) is 6.79. The maximum absolute atomic E-state index is 5.56. The number of rotatable bonds is 2. The van der Waals surface area contributed by atoms with Gasteiger partial charge in [-0.2, -0.15) is 4.99 Å². The van der Waals surface area contributed by atoms with Gasteiger partial charge in [0.25, 0.3) is 0 Å². The van der Waals surface area contributed by atoms with Crippen LogP contribution in [0.15, 0.2) is 29.3 Å². The van der Waals surface area contributed by atoms with Crippen molar-refractivity contribution in [1.29, 1.82) is 0 Å². The van der Waals surface area contributed by atoms with E-state index in [-0.39, 0.29) is 0 Å². The van der Waals surface area contributed by atoms with Gasteiger partial charge >= 0.3 is 0 Å². The van der Waals surface area contributed by atoms with Crippen LogP contribution in [-0.2, 0) is 0 Å². The first kappa shape index (κ1) is 21.2. The molecule has 1 unspecified atom stereocenters. The zero-order valence-electron chi connectivity index (χ0n) is 17.9. The SMILES string of the molecule is Cc1cc(C)cc(NC(=S)/N=C(/Nc2nc(C)cc(C)n2)N2CCCC(C)C2)c1. The van der Waals surface area contributed by atoms with Gasteiger partial charge in [-0.05, 0) is 88.0 Å². The molecule has 1 saturated heterocycles. The lowest BCUT2D eigenvalue weighted by Crippen LogP contribution is -2.43. The number of benzene rings is 1. The third-order valence-electron chi connectivity index (χ3n) is 4.84. The van der Waals surface area contributed by atoms with Gasteiger partial charge < -0.3 is 10.2 Å². The molecule has 0 spiro atoms. The summed E-state index contributed by atoms with van der Waals surface area (Å²) in [5.74, 6) is 1.86. The fraction of sp³-hybridized carbons (Fsp3) is 0.455. The first-order chi connectivity index (χ1) is 13.8. The number of hydrogen-bond acceptors (Lipinski definition) is 3. The molecule has 0 bridgehead atoms. The second kappa shape index (κ2) is 9.31. The molecule has 3 rings (SSSR count). The van der Waals surface area contributed by atoms with E-state index in [9.17, 15) is 0 Å². The van der Waals surface area contributed by atoms with Crippen LogP contribution < -0.4 is 10.6 Å². The lowest BCUT2D eigenvalue weighted by Gasteiger charge is -2.33. The molecule has 0 saturated carbocycles. The van der Waals surface area contributed by atoms with Crippen LogP contribution in [0.1, 0.15) is 42.3 Å². The van der Waals surface area contributed by atoms with Crippen molar-refractivity contribution in [1.82, 2.24) is 14.9 Å². The Morgan fingerprint density at radius 1 is 1.03 bits per heavy atom. The maximum Gasteiger partial charge on any atom is 0.229 e. The summed E-state index contributed by atoms with van der Waals surface area (Å²) < 4.78 is 0. The van der Waals surface area contributed by atoms with E-state index in [1.165, 1.54) is 17.5 Å². The minimum atomic E-state index is 0.417. The largest absolute Gasteiger partial charge is 0.342 e. The number of anilines is 2. The Morgan fingerprint density at radius 2 is 1.69 bits per heavy atom. The molecule has 154 valence electrons. The van der Waals surface area contributed by atoms with E-state index in [2.05, 4.69) is 64.5 Å². The zero-order chi connectivity index (χ0) is 21.0. The molecule has 0 amide bonds. The molecule has 1 aromatic carbocycles. The normalized spacial score (nSPS) is 17.2. The van der Waals surface area contributed by atoms with E-state index in [1.54, 1.807) is 0 Å². The molecule has 1 aliphatic rings. The van der Waals surface area contributed by atoms with Gasteiger partial charge in [0.15, 0.2) is 0 Å². The van der Waals surface area contributed by atoms with Crippen molar-refractivity contribution in [3.05, 3.63) is 46.8 Å². The highest BCUT2D eigenvalue weighted by Gasteiger charge is 2.21. The topological polar surface area (TPSA) is 65.4 Å². The molecule has 0 aliphatic carbocycles. The van der Waals surface area contributed by atoms with E-state index >= 15 is 0 Å². The van der Waals surface area contributed by atoms with Crippen molar-refractivity contribution in [2.45, 2.75) is 47.5 Å². The number of aromatic nitrogens is 2. The Balaban J connectivity index is 1.85. The summed E-state index contributed by atoms with van der Waals surface area (Å²) in [5, 5.41) is 6.98. The van der Waals surface area contributed by atoms with Gasteiger partial charge in [0.2, 0.25) is 17.0 Å². The van der Waals surface area contributed by atoms with Crippen molar-refractivity contribution in [3.63, 3.8) is 0 Å². The molecule has 0 radical (unpaired) electrons. The van der Waals surface area contributed by atoms with Crippen LogP contribution >= 0.6 is 12.2 Å². The third kappa shape index (κ3) is 6.22. The smallest absolute Gasteiger partial charge is 0.229 e. The molecule has 1 atom stereocenters. The number of likely N-dealkylation sites (tertiary alicyclic amines) is 1. The lowest BCUT2D eigenvalue weighted by atomic mass is 10.0. The number of guanidine groups is 1. The number of aliphatic imine (C=N–C) groups is 1. The summed E-state index contributed by atoms with van der Waals surface area (Å²) in [6, 6.07) is 8.23. The van der Waals surface area contributed by atoms with Gasteiger partial charge in [-0.3, -0.25) is 5.32 Å². The van der Waals surface area contributed by atoms with Crippen molar-refractivity contribution in [2.24, 2.45) is 10.9 Å². The monoisotopic (exact) mass is 410 g/mol. The quantitative estimate of drug-likeness (QED) is 0.428. The molecular formula is C22H30N6S. The van der Waals surface area contributed by atoms with Crippen molar-refractivity contribution < 1.29 is 0 Å². The molecule has 6 nitrogen and oxygen atoms in total. The van der Waals surface area contributed by atoms with Gasteiger partial charge in [0.1, 0.15) is 0 Å². The molecule has 29 heavy (non-hydrogen) atoms. The fourth-order valence-corrected chi connectivity index (χ4v) is 3.94. The van der Waals surface area contributed by atoms with Crippen LogP contribution in [0.4, 0.5) is 11.6 Å². The Labute approximate surface area is 178 Å². The number of piperidine rings is 1. The van der Waals surface area contributed by atoms with Gasteiger partial charge in [-0.1, -0.05) is 13.0 Å². The molecule has 2 aromatic rings. The number of nitrogens with zero attached hydrogens (tertiary/aromatic N) is 4. The van der Waals surface area contributed by atoms with Crippen LogP contribution in [0.3, 0.4) is 0 Å². The number of aryl methyl sites for hydroxylation is 4. The van der Waals surface area contributed by atoms with Crippen LogP contribution in [0.5, 0.6) is 0 Å². The Bertz CT molecular complexity index is 883. The van der Waals surface area contributed by atoms with Crippen LogP contribution in [-0.4, -0.2) is 39.0 Å². The van der Waals surface area contributed by atoms with Gasteiger partial charge in [0.05, 0.1) is 0 Å². The summed E-state index contributed by atoms with van der Waals surface area (Å²) in [7, 11) is 0. The van der Waals surface area contributed by atoms with Gasteiger partial charge in [0, 0.05) is 30.2 Å². The maximum atomic E-state index is 5.56. The van der Waals surface area contributed by atoms with Gasteiger partial charge in [-0.25, -0.2) is 9.97 Å². The first-order valence-electron chi connectivity index (χ1n) is 10.1. The molecule has 1 fully saturated rings. The average Bonchev–Trinajstić information content (AvgIpc) is 2.59. The average molecular weight is 411 g/mol. The minimum absolute atomic E-state index is 0.417.